The number of amides is 2. The summed E-state index contributed by atoms with van der Waals surface area (Å²) in [6.07, 6.45) is 4.73. The molecule has 0 aromatic heterocycles. The Labute approximate surface area is 128 Å². The molecule has 5 heteroatoms. The van der Waals surface area contributed by atoms with Crippen molar-refractivity contribution in [3.63, 3.8) is 0 Å². The van der Waals surface area contributed by atoms with Crippen LogP contribution in [0, 0.1) is 5.92 Å². The number of hydrogen-bond acceptors (Lipinski definition) is 2. The average molecular weight is 298 g/mol. The van der Waals surface area contributed by atoms with E-state index in [0.717, 1.165) is 11.3 Å². The number of hydrogen-bond donors (Lipinski definition) is 3. The molecule has 2 amide bonds. The molecule has 1 fully saturated rings. The van der Waals surface area contributed by atoms with Crippen LogP contribution in [0.2, 0.25) is 0 Å². The van der Waals surface area contributed by atoms with Crippen molar-refractivity contribution in [2.24, 2.45) is 5.92 Å². The van der Waals surface area contributed by atoms with Gasteiger partial charge in [-0.2, -0.15) is 0 Å². The van der Waals surface area contributed by atoms with Gasteiger partial charge in [0.1, 0.15) is 0 Å². The van der Waals surface area contributed by atoms with Gasteiger partial charge in [0.25, 0.3) is 11.8 Å². The predicted molar refractivity (Wildman–Crippen MR) is 84.1 cm³/mol. The second-order valence-corrected chi connectivity index (χ2v) is 6.84. The van der Waals surface area contributed by atoms with E-state index in [1.165, 1.54) is 19.3 Å². The molecule has 0 saturated heterocycles. The molecule has 122 valence electrons. The molecule has 0 heterocycles. The van der Waals surface area contributed by atoms with Crippen LogP contribution < -0.4 is 15.5 Å². The first-order chi connectivity index (χ1) is 9.81. The lowest BCUT2D eigenvalue weighted by molar-refractivity contribution is -0.886. The van der Waals surface area contributed by atoms with Crippen molar-refractivity contribution in [2.45, 2.75) is 71.5 Å². The molecule has 1 unspecified atom stereocenters. The Bertz CT molecular complexity index is 357. The monoisotopic (exact) mass is 298 g/mol. The Kier molecular flexibility index (Phi) is 7.15. The van der Waals surface area contributed by atoms with Gasteiger partial charge in [-0.1, -0.05) is 19.8 Å². The molecule has 1 saturated carbocycles. The van der Waals surface area contributed by atoms with Crippen molar-refractivity contribution in [3.05, 3.63) is 0 Å². The third-order valence-electron chi connectivity index (χ3n) is 4.46. The van der Waals surface area contributed by atoms with E-state index in [2.05, 4.69) is 17.6 Å². The van der Waals surface area contributed by atoms with E-state index in [-0.39, 0.29) is 23.9 Å². The van der Waals surface area contributed by atoms with Crippen LogP contribution in [0.1, 0.15) is 53.4 Å². The van der Waals surface area contributed by atoms with Gasteiger partial charge in [-0.05, 0) is 39.5 Å². The van der Waals surface area contributed by atoms with Gasteiger partial charge in [-0.15, -0.1) is 0 Å². The maximum Gasteiger partial charge on any atom is 0.278 e. The number of likely N-dealkylation sites (N-methyl/N-ethyl adjacent to an activating group) is 1. The minimum absolute atomic E-state index is 0.00631. The van der Waals surface area contributed by atoms with Crippen molar-refractivity contribution < 1.29 is 14.5 Å². The molecule has 0 aromatic rings. The number of carbonyl (C=O) groups is 2. The van der Waals surface area contributed by atoms with Crippen LogP contribution in [-0.4, -0.2) is 43.5 Å². The number of nitrogens with one attached hydrogen (secondary N) is 3. The smallest absolute Gasteiger partial charge is 0.278 e. The Morgan fingerprint density at radius 3 is 2.38 bits per heavy atom. The Morgan fingerprint density at radius 1 is 1.19 bits per heavy atom. The first-order valence-electron chi connectivity index (χ1n) is 8.23. The fraction of sp³-hybridized carbons (Fsp3) is 0.875. The van der Waals surface area contributed by atoms with Crippen LogP contribution >= 0.6 is 0 Å². The maximum atomic E-state index is 12.3. The van der Waals surface area contributed by atoms with Crippen molar-refractivity contribution in [1.29, 1.82) is 0 Å². The summed E-state index contributed by atoms with van der Waals surface area (Å²) in [6, 6.07) is 0.223. The lowest BCUT2D eigenvalue weighted by Gasteiger charge is -2.31. The zero-order valence-corrected chi connectivity index (χ0v) is 14.2. The zero-order valence-electron chi connectivity index (χ0n) is 14.2. The van der Waals surface area contributed by atoms with E-state index in [1.54, 1.807) is 0 Å². The summed E-state index contributed by atoms with van der Waals surface area (Å²) in [5, 5.41) is 6.04. The molecule has 5 nitrogen and oxygen atoms in total. The van der Waals surface area contributed by atoms with Gasteiger partial charge in [0.15, 0.2) is 12.6 Å². The highest BCUT2D eigenvalue weighted by molar-refractivity contribution is 5.81. The molecular formula is C16H32N3O2+. The van der Waals surface area contributed by atoms with Crippen LogP contribution in [0.5, 0.6) is 0 Å². The van der Waals surface area contributed by atoms with Gasteiger partial charge < -0.3 is 15.5 Å². The van der Waals surface area contributed by atoms with E-state index in [1.807, 2.05) is 27.8 Å². The summed E-state index contributed by atoms with van der Waals surface area (Å²) in [7, 11) is 1.90. The van der Waals surface area contributed by atoms with E-state index in [9.17, 15) is 9.59 Å². The third-order valence-corrected chi connectivity index (χ3v) is 4.46. The third kappa shape index (κ3) is 6.04. The van der Waals surface area contributed by atoms with Crippen molar-refractivity contribution in [2.75, 3.05) is 13.6 Å². The molecule has 0 bridgehead atoms. The molecule has 1 aliphatic carbocycles. The van der Waals surface area contributed by atoms with E-state index in [4.69, 9.17) is 0 Å². The summed E-state index contributed by atoms with van der Waals surface area (Å²) in [4.78, 5) is 25.0. The minimum atomic E-state index is -0.211. The number of rotatable bonds is 6. The summed E-state index contributed by atoms with van der Waals surface area (Å²) in [5.41, 5.74) is 0. The molecule has 0 spiro atoms. The van der Waals surface area contributed by atoms with Crippen molar-refractivity contribution in [1.82, 2.24) is 10.6 Å². The summed E-state index contributed by atoms with van der Waals surface area (Å²) in [5.74, 6) is 0.608. The Morgan fingerprint density at radius 2 is 1.81 bits per heavy atom. The van der Waals surface area contributed by atoms with Gasteiger partial charge in [-0.25, -0.2) is 0 Å². The summed E-state index contributed by atoms with van der Waals surface area (Å²) >= 11 is 0. The summed E-state index contributed by atoms with van der Waals surface area (Å²) < 4.78 is 0. The number of quaternary nitrogens is 1. The second kappa shape index (κ2) is 8.37. The molecule has 0 aromatic carbocycles. The minimum Gasteiger partial charge on any atom is -0.349 e. The van der Waals surface area contributed by atoms with Crippen LogP contribution in [0.3, 0.4) is 0 Å². The number of carbonyl (C=O) groups excluding carboxylic acids is 2. The van der Waals surface area contributed by atoms with Crippen LogP contribution in [0.25, 0.3) is 0 Å². The highest BCUT2D eigenvalue weighted by atomic mass is 16.2. The Hall–Kier alpha value is -1.10. The van der Waals surface area contributed by atoms with E-state index in [0.29, 0.717) is 18.5 Å². The maximum absolute atomic E-state index is 12.3. The average Bonchev–Trinajstić information content (AvgIpc) is 2.39. The molecule has 4 atom stereocenters. The highest BCUT2D eigenvalue weighted by Gasteiger charge is 2.28. The fourth-order valence-corrected chi connectivity index (χ4v) is 2.84. The molecule has 3 N–H and O–H groups in total. The van der Waals surface area contributed by atoms with Gasteiger partial charge >= 0.3 is 0 Å². The lowest BCUT2D eigenvalue weighted by atomic mass is 9.86. The molecule has 0 aliphatic heterocycles. The van der Waals surface area contributed by atoms with E-state index < -0.39 is 0 Å². The van der Waals surface area contributed by atoms with E-state index >= 15 is 0 Å². The molecule has 1 aliphatic rings. The SMILES string of the molecule is CC(C)NC(=O)C[NH+](C)[C@H](C)C(=O)N[C@H]1CCCC[C@@H]1C. The van der Waals surface area contributed by atoms with Crippen LogP contribution in [-0.2, 0) is 9.59 Å². The van der Waals surface area contributed by atoms with Gasteiger partial charge in [0.2, 0.25) is 0 Å². The molecule has 21 heavy (non-hydrogen) atoms. The lowest BCUT2D eigenvalue weighted by Crippen LogP contribution is -3.15. The summed E-state index contributed by atoms with van der Waals surface area (Å²) in [6.45, 7) is 8.30. The van der Waals surface area contributed by atoms with Crippen LogP contribution in [0.15, 0.2) is 0 Å². The second-order valence-electron chi connectivity index (χ2n) is 6.84. The first-order valence-corrected chi connectivity index (χ1v) is 8.23. The largest absolute Gasteiger partial charge is 0.349 e. The van der Waals surface area contributed by atoms with Gasteiger partial charge in [0, 0.05) is 12.1 Å². The molecule has 0 radical (unpaired) electrons. The highest BCUT2D eigenvalue weighted by Crippen LogP contribution is 2.23. The van der Waals surface area contributed by atoms with Crippen molar-refractivity contribution >= 4 is 11.8 Å². The topological polar surface area (TPSA) is 62.6 Å². The predicted octanol–water partition coefficient (Wildman–Crippen LogP) is 0.109. The standard InChI is InChI=1S/C16H31N3O2/c1-11(2)17-15(20)10-19(5)13(4)16(21)18-14-9-7-6-8-12(14)3/h11-14H,6-10H2,1-5H3,(H,17,20)(H,18,21)/p+1/t12-,13+,14-/m0/s1. The normalized spacial score (nSPS) is 25.2. The van der Waals surface area contributed by atoms with Crippen LogP contribution in [0.4, 0.5) is 0 Å². The quantitative estimate of drug-likeness (QED) is 0.652. The van der Waals surface area contributed by atoms with Gasteiger partial charge in [-0.3, -0.25) is 9.59 Å². The zero-order chi connectivity index (χ0) is 16.0. The fourth-order valence-electron chi connectivity index (χ4n) is 2.84. The molecule has 1 rings (SSSR count). The Balaban J connectivity index is 2.43. The molecular weight excluding hydrogens is 266 g/mol. The first kappa shape index (κ1) is 18.0. The van der Waals surface area contributed by atoms with Gasteiger partial charge in [0.05, 0.1) is 7.05 Å². The van der Waals surface area contributed by atoms with Crippen molar-refractivity contribution in [3.8, 4) is 0 Å².